The monoisotopic (exact) mass is 408 g/mol. The van der Waals surface area contributed by atoms with Gasteiger partial charge in [-0.05, 0) is 29.7 Å². The van der Waals surface area contributed by atoms with Gasteiger partial charge in [0.1, 0.15) is 0 Å². The number of rotatable bonds is 8. The Balaban J connectivity index is 1.76. The molecule has 0 aromatic heterocycles. The Kier molecular flexibility index (Phi) is 7.47. The second-order valence-electron chi connectivity index (χ2n) is 7.27. The van der Waals surface area contributed by atoms with Gasteiger partial charge in [0.05, 0.1) is 18.0 Å². The van der Waals surface area contributed by atoms with E-state index in [0.717, 1.165) is 36.1 Å². The molecule has 3 rings (SSSR count). The molecule has 1 heterocycles. The molecule has 1 amide bonds. The van der Waals surface area contributed by atoms with Crippen LogP contribution in [-0.4, -0.2) is 41.5 Å². The van der Waals surface area contributed by atoms with Crippen molar-refractivity contribution in [3.05, 3.63) is 65.7 Å². The standard InChI is InChI=1S/C23H28N4OS/c1-4-5-11-21-22(28)27(17-19-9-7-6-8-10-19)23(29-21)25-24-16-18-12-14-20(15-13-18)26(2)3/h6-10,12-16,21H,4-5,11,17H2,1-3H3/b24-16-,25-23+/t21-/m0/s1. The number of thioether (sulfide) groups is 1. The number of amidine groups is 1. The lowest BCUT2D eigenvalue weighted by Gasteiger charge is -2.15. The normalized spacial score (nSPS) is 18.2. The average Bonchev–Trinajstić information content (AvgIpc) is 3.02. The van der Waals surface area contributed by atoms with Crippen LogP contribution in [0.4, 0.5) is 5.69 Å². The van der Waals surface area contributed by atoms with E-state index >= 15 is 0 Å². The summed E-state index contributed by atoms with van der Waals surface area (Å²) in [6, 6.07) is 18.1. The summed E-state index contributed by atoms with van der Waals surface area (Å²) in [6.45, 7) is 2.67. The van der Waals surface area contributed by atoms with Crippen LogP contribution in [0.15, 0.2) is 64.8 Å². The number of nitrogens with zero attached hydrogens (tertiary/aromatic N) is 4. The van der Waals surface area contributed by atoms with Crippen LogP contribution in [0.3, 0.4) is 0 Å². The molecule has 6 heteroatoms. The van der Waals surface area contributed by atoms with Gasteiger partial charge in [-0.2, -0.15) is 5.10 Å². The molecule has 0 saturated carbocycles. The zero-order chi connectivity index (χ0) is 20.6. The number of carbonyl (C=O) groups is 1. The number of hydrogen-bond donors (Lipinski definition) is 0. The molecule has 1 aliphatic rings. The van der Waals surface area contributed by atoms with Crippen molar-refractivity contribution in [2.75, 3.05) is 19.0 Å². The van der Waals surface area contributed by atoms with Crippen LogP contribution in [0, 0.1) is 0 Å². The highest BCUT2D eigenvalue weighted by molar-refractivity contribution is 8.15. The molecule has 0 unspecified atom stereocenters. The minimum Gasteiger partial charge on any atom is -0.378 e. The lowest BCUT2D eigenvalue weighted by atomic mass is 10.1. The summed E-state index contributed by atoms with van der Waals surface area (Å²) in [7, 11) is 4.03. The second-order valence-corrected chi connectivity index (χ2v) is 8.44. The molecule has 2 aromatic rings. The first-order valence-corrected chi connectivity index (χ1v) is 10.9. The number of unbranched alkanes of at least 4 members (excludes halogenated alkanes) is 1. The van der Waals surface area contributed by atoms with Crippen LogP contribution in [0.1, 0.15) is 37.3 Å². The van der Waals surface area contributed by atoms with Crippen molar-refractivity contribution in [2.45, 2.75) is 38.0 Å². The van der Waals surface area contributed by atoms with Gasteiger partial charge in [0, 0.05) is 19.8 Å². The number of amides is 1. The second kappa shape index (κ2) is 10.3. The van der Waals surface area contributed by atoms with Crippen LogP contribution < -0.4 is 4.90 Å². The van der Waals surface area contributed by atoms with Gasteiger partial charge in [-0.15, -0.1) is 5.10 Å². The van der Waals surface area contributed by atoms with E-state index in [-0.39, 0.29) is 11.2 Å². The fraction of sp³-hybridized carbons (Fsp3) is 0.348. The Bertz CT molecular complexity index is 862. The zero-order valence-electron chi connectivity index (χ0n) is 17.3. The Labute approximate surface area is 177 Å². The molecule has 5 nitrogen and oxygen atoms in total. The number of carbonyl (C=O) groups excluding carboxylic acids is 1. The third-order valence-corrected chi connectivity index (χ3v) is 6.02. The van der Waals surface area contributed by atoms with Crippen molar-refractivity contribution in [3.8, 4) is 0 Å². The molecule has 0 N–H and O–H groups in total. The quantitative estimate of drug-likeness (QED) is 0.467. The molecule has 1 saturated heterocycles. The van der Waals surface area contributed by atoms with Gasteiger partial charge in [-0.1, -0.05) is 74.0 Å². The fourth-order valence-corrected chi connectivity index (χ4v) is 4.22. The summed E-state index contributed by atoms with van der Waals surface area (Å²) in [5.41, 5.74) is 3.21. The minimum atomic E-state index is -0.0630. The highest BCUT2D eigenvalue weighted by Gasteiger charge is 2.37. The maximum atomic E-state index is 12.9. The van der Waals surface area contributed by atoms with Crippen LogP contribution >= 0.6 is 11.8 Å². The van der Waals surface area contributed by atoms with E-state index < -0.39 is 0 Å². The van der Waals surface area contributed by atoms with Gasteiger partial charge in [-0.3, -0.25) is 9.69 Å². The van der Waals surface area contributed by atoms with E-state index in [1.165, 1.54) is 11.8 Å². The van der Waals surface area contributed by atoms with Crippen molar-refractivity contribution < 1.29 is 4.79 Å². The van der Waals surface area contributed by atoms with Gasteiger partial charge in [-0.25, -0.2) is 0 Å². The van der Waals surface area contributed by atoms with Crippen molar-refractivity contribution in [1.29, 1.82) is 0 Å². The summed E-state index contributed by atoms with van der Waals surface area (Å²) in [5.74, 6) is 0.136. The third-order valence-electron chi connectivity index (χ3n) is 4.78. The van der Waals surface area contributed by atoms with Crippen LogP contribution in [0.25, 0.3) is 0 Å². The Morgan fingerprint density at radius 3 is 2.48 bits per heavy atom. The molecule has 0 spiro atoms. The van der Waals surface area contributed by atoms with E-state index in [1.54, 1.807) is 11.1 Å². The SMILES string of the molecule is CCCC[C@@H]1S/C(=N/N=C\c2ccc(N(C)C)cc2)N(Cc2ccccc2)C1=O. The molecule has 29 heavy (non-hydrogen) atoms. The predicted octanol–water partition coefficient (Wildman–Crippen LogP) is 4.78. The van der Waals surface area contributed by atoms with Crippen molar-refractivity contribution >= 4 is 34.7 Å². The van der Waals surface area contributed by atoms with Crippen molar-refractivity contribution in [3.63, 3.8) is 0 Å². The lowest BCUT2D eigenvalue weighted by molar-refractivity contribution is -0.126. The first-order chi connectivity index (χ1) is 14.1. The maximum Gasteiger partial charge on any atom is 0.242 e. The van der Waals surface area contributed by atoms with E-state index in [1.807, 2.05) is 68.7 Å². The Hall–Kier alpha value is -2.60. The van der Waals surface area contributed by atoms with E-state index in [4.69, 9.17) is 0 Å². The van der Waals surface area contributed by atoms with Gasteiger partial charge >= 0.3 is 0 Å². The van der Waals surface area contributed by atoms with Crippen LogP contribution in [0.2, 0.25) is 0 Å². The van der Waals surface area contributed by atoms with E-state index in [2.05, 4.69) is 22.0 Å². The molecule has 152 valence electrons. The van der Waals surface area contributed by atoms with Gasteiger partial charge in [0.2, 0.25) is 5.91 Å². The zero-order valence-corrected chi connectivity index (χ0v) is 18.1. The molecule has 0 radical (unpaired) electrons. The molecular weight excluding hydrogens is 380 g/mol. The van der Waals surface area contributed by atoms with E-state index in [0.29, 0.717) is 11.7 Å². The molecule has 1 aliphatic heterocycles. The highest BCUT2D eigenvalue weighted by Crippen LogP contribution is 2.32. The smallest absolute Gasteiger partial charge is 0.242 e. The molecule has 0 bridgehead atoms. The first-order valence-electron chi connectivity index (χ1n) is 9.99. The van der Waals surface area contributed by atoms with Crippen LogP contribution in [0.5, 0.6) is 0 Å². The summed E-state index contributed by atoms with van der Waals surface area (Å²) < 4.78 is 0. The van der Waals surface area contributed by atoms with Gasteiger partial charge in [0.15, 0.2) is 5.17 Å². The fourth-order valence-electron chi connectivity index (χ4n) is 3.07. The average molecular weight is 409 g/mol. The Morgan fingerprint density at radius 1 is 1.10 bits per heavy atom. The van der Waals surface area contributed by atoms with Gasteiger partial charge in [0.25, 0.3) is 0 Å². The van der Waals surface area contributed by atoms with Crippen molar-refractivity contribution in [2.24, 2.45) is 10.2 Å². The highest BCUT2D eigenvalue weighted by atomic mass is 32.2. The van der Waals surface area contributed by atoms with E-state index in [9.17, 15) is 4.79 Å². The molecule has 0 aliphatic carbocycles. The van der Waals surface area contributed by atoms with Gasteiger partial charge < -0.3 is 4.90 Å². The first kappa shape index (κ1) is 21.1. The summed E-state index contributed by atoms with van der Waals surface area (Å²) in [6.07, 6.45) is 4.73. The van der Waals surface area contributed by atoms with Crippen LogP contribution in [-0.2, 0) is 11.3 Å². The molecular formula is C23H28N4OS. The number of anilines is 1. The summed E-state index contributed by atoms with van der Waals surface area (Å²) in [4.78, 5) is 16.8. The molecule has 2 aromatic carbocycles. The third kappa shape index (κ3) is 5.70. The molecule has 1 atom stereocenters. The largest absolute Gasteiger partial charge is 0.378 e. The number of benzene rings is 2. The predicted molar refractivity (Wildman–Crippen MR) is 124 cm³/mol. The minimum absolute atomic E-state index is 0.0630. The van der Waals surface area contributed by atoms with Crippen molar-refractivity contribution in [1.82, 2.24) is 4.90 Å². The Morgan fingerprint density at radius 2 is 1.83 bits per heavy atom. The lowest BCUT2D eigenvalue weighted by Crippen LogP contribution is -2.31. The topological polar surface area (TPSA) is 48.3 Å². The maximum absolute atomic E-state index is 12.9. The summed E-state index contributed by atoms with van der Waals surface area (Å²) in [5, 5.41) is 9.30. The number of hydrogen-bond acceptors (Lipinski definition) is 5. The molecule has 1 fully saturated rings. The summed E-state index contributed by atoms with van der Waals surface area (Å²) >= 11 is 1.53.